The molecule has 2 aliphatic rings. The molecule has 35 heavy (non-hydrogen) atoms. The predicted molar refractivity (Wildman–Crippen MR) is 133 cm³/mol. The van der Waals surface area contributed by atoms with Crippen LogP contribution >= 0.6 is 0 Å². The van der Waals surface area contributed by atoms with Crippen LogP contribution < -0.4 is 10.1 Å². The summed E-state index contributed by atoms with van der Waals surface area (Å²) in [5.41, 5.74) is 2.00. The largest absolute Gasteiger partial charge is 0.496 e. The van der Waals surface area contributed by atoms with Crippen LogP contribution in [-0.2, 0) is 20.7 Å². The quantitative estimate of drug-likeness (QED) is 0.632. The molecule has 2 N–H and O–H groups in total. The van der Waals surface area contributed by atoms with Crippen molar-refractivity contribution in [3.8, 4) is 5.75 Å². The number of aromatic nitrogens is 1. The van der Waals surface area contributed by atoms with E-state index < -0.39 is 11.7 Å². The maximum Gasteiger partial charge on any atom is 0.419 e. The molecule has 1 aromatic carbocycles. The standard InChI is InChI=1S/C27H38N2O6/c1-27(2,3)35-26(32)29-16-21(20-15-24(33-4)18(10-11-30)14-22(20)29)17-7-5-8-19(13-17)28-25(31)23-9-6-12-34-23/h14-17,19,23,30H,5-13H2,1-4H3,(H,28,31)/t17-,19+,23-/m0/s1. The van der Waals surface area contributed by atoms with Crippen molar-refractivity contribution in [2.24, 2.45) is 0 Å². The molecule has 2 aromatic rings. The van der Waals surface area contributed by atoms with E-state index in [1.807, 2.05) is 39.1 Å². The Morgan fingerprint density at radius 3 is 2.66 bits per heavy atom. The molecule has 0 spiro atoms. The zero-order valence-corrected chi connectivity index (χ0v) is 21.3. The Hall–Kier alpha value is -2.58. The molecule has 0 unspecified atom stereocenters. The fourth-order valence-electron chi connectivity index (χ4n) is 5.30. The van der Waals surface area contributed by atoms with Crippen molar-refractivity contribution in [3.05, 3.63) is 29.5 Å². The molecule has 1 amide bonds. The molecule has 2 fully saturated rings. The minimum absolute atomic E-state index is 0.0142. The Morgan fingerprint density at radius 2 is 2.00 bits per heavy atom. The van der Waals surface area contributed by atoms with E-state index in [0.29, 0.717) is 18.8 Å². The minimum Gasteiger partial charge on any atom is -0.496 e. The highest BCUT2D eigenvalue weighted by Crippen LogP contribution is 2.40. The molecule has 192 valence electrons. The van der Waals surface area contributed by atoms with E-state index >= 15 is 0 Å². The number of aliphatic hydroxyl groups excluding tert-OH is 1. The predicted octanol–water partition coefficient (Wildman–Crippen LogP) is 4.29. The van der Waals surface area contributed by atoms with E-state index in [4.69, 9.17) is 14.2 Å². The molecule has 1 saturated heterocycles. The molecule has 8 nitrogen and oxygen atoms in total. The van der Waals surface area contributed by atoms with E-state index in [1.54, 1.807) is 11.7 Å². The Labute approximate surface area is 206 Å². The molecule has 1 aliphatic carbocycles. The number of benzene rings is 1. The lowest BCUT2D eigenvalue weighted by Gasteiger charge is -2.30. The number of hydrogen-bond donors (Lipinski definition) is 2. The number of rotatable bonds is 6. The Kier molecular flexibility index (Phi) is 7.71. The maximum absolute atomic E-state index is 13.1. The molecule has 3 atom stereocenters. The van der Waals surface area contributed by atoms with Crippen LogP contribution in [0.25, 0.3) is 10.9 Å². The first-order valence-electron chi connectivity index (χ1n) is 12.7. The number of carbonyl (C=O) groups is 2. The Morgan fingerprint density at radius 1 is 1.20 bits per heavy atom. The van der Waals surface area contributed by atoms with Crippen molar-refractivity contribution in [3.63, 3.8) is 0 Å². The first kappa shape index (κ1) is 25.5. The maximum atomic E-state index is 13.1. The first-order valence-corrected chi connectivity index (χ1v) is 12.7. The summed E-state index contributed by atoms with van der Waals surface area (Å²) in [6.45, 7) is 6.17. The first-order chi connectivity index (χ1) is 16.7. The van der Waals surface area contributed by atoms with E-state index in [2.05, 4.69) is 5.32 Å². The van der Waals surface area contributed by atoms with Gasteiger partial charge in [-0.25, -0.2) is 4.79 Å². The number of ether oxygens (including phenoxy) is 3. The number of aliphatic hydroxyl groups is 1. The minimum atomic E-state index is -0.628. The van der Waals surface area contributed by atoms with Gasteiger partial charge in [-0.15, -0.1) is 0 Å². The van der Waals surface area contributed by atoms with E-state index in [-0.39, 0.29) is 30.6 Å². The number of fused-ring (bicyclic) bond motifs is 1. The monoisotopic (exact) mass is 486 g/mol. The van der Waals surface area contributed by atoms with E-state index in [0.717, 1.165) is 60.6 Å². The average molecular weight is 487 g/mol. The van der Waals surface area contributed by atoms with Crippen LogP contribution in [-0.4, -0.2) is 59.7 Å². The van der Waals surface area contributed by atoms with Crippen LogP contribution in [0.15, 0.2) is 18.3 Å². The number of amides is 1. The number of nitrogens with one attached hydrogen (secondary N) is 1. The number of carbonyl (C=O) groups excluding carboxylic acids is 2. The second kappa shape index (κ2) is 10.6. The van der Waals surface area contributed by atoms with Gasteiger partial charge in [0.1, 0.15) is 17.5 Å². The molecular formula is C27H38N2O6. The third kappa shape index (κ3) is 5.81. The highest BCUT2D eigenvalue weighted by atomic mass is 16.6. The molecule has 8 heteroatoms. The Bertz CT molecular complexity index is 1060. The van der Waals surface area contributed by atoms with Crippen molar-refractivity contribution in [2.75, 3.05) is 20.3 Å². The van der Waals surface area contributed by atoms with Crippen LogP contribution in [0.2, 0.25) is 0 Å². The van der Waals surface area contributed by atoms with Crippen molar-refractivity contribution in [1.29, 1.82) is 0 Å². The lowest BCUT2D eigenvalue weighted by molar-refractivity contribution is -0.131. The third-order valence-electron chi connectivity index (χ3n) is 6.89. The van der Waals surface area contributed by atoms with Crippen LogP contribution in [0.1, 0.15) is 76.3 Å². The van der Waals surface area contributed by atoms with Gasteiger partial charge >= 0.3 is 6.09 Å². The summed E-state index contributed by atoms with van der Waals surface area (Å²) < 4.78 is 18.4. The Balaban J connectivity index is 1.67. The van der Waals surface area contributed by atoms with Crippen molar-refractivity contribution >= 4 is 22.9 Å². The van der Waals surface area contributed by atoms with E-state index in [9.17, 15) is 14.7 Å². The summed E-state index contributed by atoms with van der Waals surface area (Å²) in [5, 5.41) is 13.7. The molecule has 2 heterocycles. The fraction of sp³-hybridized carbons (Fsp3) is 0.630. The second-order valence-electron chi connectivity index (χ2n) is 10.7. The zero-order chi connectivity index (χ0) is 25.2. The molecule has 0 bridgehead atoms. The SMILES string of the molecule is COc1cc2c([C@H]3CCC[C@@H](NC(=O)[C@@H]4CCCO4)C3)cn(C(=O)OC(C)(C)C)c2cc1CCO. The summed E-state index contributed by atoms with van der Waals surface area (Å²) in [6.07, 6.45) is 6.93. The fourth-order valence-corrected chi connectivity index (χ4v) is 5.30. The normalized spacial score (nSPS) is 22.8. The molecule has 0 radical (unpaired) electrons. The average Bonchev–Trinajstić information content (AvgIpc) is 3.46. The van der Waals surface area contributed by atoms with Gasteiger partial charge in [0.2, 0.25) is 5.91 Å². The van der Waals surface area contributed by atoms with Crippen LogP contribution in [0.3, 0.4) is 0 Å². The summed E-state index contributed by atoms with van der Waals surface area (Å²) in [4.78, 5) is 25.8. The van der Waals surface area contributed by atoms with Gasteiger partial charge in [0.05, 0.1) is 12.6 Å². The molecule has 1 aromatic heterocycles. The van der Waals surface area contributed by atoms with Gasteiger partial charge < -0.3 is 24.6 Å². The lowest BCUT2D eigenvalue weighted by Crippen LogP contribution is -2.43. The van der Waals surface area contributed by atoms with Gasteiger partial charge in [-0.1, -0.05) is 6.42 Å². The highest BCUT2D eigenvalue weighted by molar-refractivity contribution is 5.94. The van der Waals surface area contributed by atoms with Crippen LogP contribution in [0.5, 0.6) is 5.75 Å². The van der Waals surface area contributed by atoms with Gasteiger partial charge in [-0.05, 0) is 88.5 Å². The third-order valence-corrected chi connectivity index (χ3v) is 6.89. The topological polar surface area (TPSA) is 99.0 Å². The summed E-state index contributed by atoms with van der Waals surface area (Å²) >= 11 is 0. The number of hydrogen-bond acceptors (Lipinski definition) is 6. The van der Waals surface area contributed by atoms with Crippen molar-refractivity contribution in [2.45, 2.75) is 89.4 Å². The number of methoxy groups -OCH3 is 1. The van der Waals surface area contributed by atoms with Crippen LogP contribution in [0, 0.1) is 0 Å². The summed E-state index contributed by atoms with van der Waals surface area (Å²) in [7, 11) is 1.61. The lowest BCUT2D eigenvalue weighted by atomic mass is 9.81. The molecule has 1 aliphatic heterocycles. The second-order valence-corrected chi connectivity index (χ2v) is 10.7. The zero-order valence-electron chi connectivity index (χ0n) is 21.3. The van der Waals surface area contributed by atoms with Crippen molar-refractivity contribution < 1.29 is 28.9 Å². The van der Waals surface area contributed by atoms with Gasteiger partial charge in [0, 0.05) is 30.8 Å². The molecule has 4 rings (SSSR count). The highest BCUT2D eigenvalue weighted by Gasteiger charge is 2.31. The van der Waals surface area contributed by atoms with Gasteiger partial charge in [0.15, 0.2) is 0 Å². The van der Waals surface area contributed by atoms with E-state index in [1.165, 1.54) is 0 Å². The smallest absolute Gasteiger partial charge is 0.419 e. The van der Waals surface area contributed by atoms with Gasteiger partial charge in [0.25, 0.3) is 0 Å². The molecular weight excluding hydrogens is 448 g/mol. The molecule has 1 saturated carbocycles. The van der Waals surface area contributed by atoms with Gasteiger partial charge in [-0.2, -0.15) is 0 Å². The number of nitrogens with zero attached hydrogens (tertiary/aromatic N) is 1. The van der Waals surface area contributed by atoms with Crippen molar-refractivity contribution in [1.82, 2.24) is 9.88 Å². The van der Waals surface area contributed by atoms with Gasteiger partial charge in [-0.3, -0.25) is 9.36 Å². The summed E-state index contributed by atoms with van der Waals surface area (Å²) in [6, 6.07) is 3.95. The van der Waals surface area contributed by atoms with Crippen LogP contribution in [0.4, 0.5) is 4.79 Å². The summed E-state index contributed by atoms with van der Waals surface area (Å²) in [5.74, 6) is 0.853.